The standard InChI is InChI=1S/C8H18N4/c1-7(8(9)10)12-5-3-11(2)4-6-12/h7H,3-6H2,1-2H3,(H3,9,10). The van der Waals surface area contributed by atoms with Gasteiger partial charge in [0.15, 0.2) is 0 Å². The third-order valence-electron chi connectivity index (χ3n) is 2.54. The zero-order valence-electron chi connectivity index (χ0n) is 7.88. The predicted octanol–water partition coefficient (Wildman–Crippen LogP) is -0.442. The van der Waals surface area contributed by atoms with Crippen LogP contribution in [0.1, 0.15) is 6.92 Å². The lowest BCUT2D eigenvalue weighted by Crippen LogP contribution is -2.51. The van der Waals surface area contributed by atoms with Gasteiger partial charge in [-0.1, -0.05) is 0 Å². The molecule has 1 unspecified atom stereocenters. The first-order chi connectivity index (χ1) is 5.61. The summed E-state index contributed by atoms with van der Waals surface area (Å²) in [5.74, 6) is 0.277. The van der Waals surface area contributed by atoms with Gasteiger partial charge in [-0.05, 0) is 14.0 Å². The number of hydrogen-bond acceptors (Lipinski definition) is 3. The molecule has 1 saturated heterocycles. The first-order valence-corrected chi connectivity index (χ1v) is 4.38. The number of amidine groups is 1. The number of nitrogens with two attached hydrogens (primary N) is 1. The van der Waals surface area contributed by atoms with Crippen LogP contribution in [0.5, 0.6) is 0 Å². The van der Waals surface area contributed by atoms with Crippen LogP contribution in [-0.2, 0) is 0 Å². The van der Waals surface area contributed by atoms with E-state index in [9.17, 15) is 0 Å². The maximum Gasteiger partial charge on any atom is 0.108 e. The van der Waals surface area contributed by atoms with Crippen molar-refractivity contribution in [2.24, 2.45) is 5.73 Å². The molecular weight excluding hydrogens is 152 g/mol. The Balaban J connectivity index is 2.39. The maximum absolute atomic E-state index is 7.31. The van der Waals surface area contributed by atoms with Crippen molar-refractivity contribution in [2.75, 3.05) is 33.2 Å². The third kappa shape index (κ3) is 2.19. The van der Waals surface area contributed by atoms with Gasteiger partial charge in [-0.25, -0.2) is 0 Å². The number of likely N-dealkylation sites (N-methyl/N-ethyl adjacent to an activating group) is 1. The zero-order chi connectivity index (χ0) is 9.14. The van der Waals surface area contributed by atoms with Crippen molar-refractivity contribution >= 4 is 5.84 Å². The van der Waals surface area contributed by atoms with Crippen LogP contribution in [0, 0.1) is 5.41 Å². The van der Waals surface area contributed by atoms with E-state index in [0.29, 0.717) is 0 Å². The van der Waals surface area contributed by atoms with Crippen LogP contribution in [-0.4, -0.2) is 54.9 Å². The van der Waals surface area contributed by atoms with Gasteiger partial charge in [0, 0.05) is 26.2 Å². The Morgan fingerprint density at radius 3 is 2.25 bits per heavy atom. The summed E-state index contributed by atoms with van der Waals surface area (Å²) >= 11 is 0. The highest BCUT2D eigenvalue weighted by atomic mass is 15.3. The largest absolute Gasteiger partial charge is 0.386 e. The summed E-state index contributed by atoms with van der Waals surface area (Å²) in [5, 5.41) is 7.31. The molecule has 1 aliphatic heterocycles. The molecule has 0 spiro atoms. The molecule has 4 nitrogen and oxygen atoms in total. The van der Waals surface area contributed by atoms with E-state index in [2.05, 4.69) is 16.8 Å². The molecule has 0 radical (unpaired) electrons. The average molecular weight is 170 g/mol. The molecule has 1 atom stereocenters. The van der Waals surface area contributed by atoms with Crippen molar-refractivity contribution in [1.29, 1.82) is 5.41 Å². The Kier molecular flexibility index (Phi) is 3.05. The van der Waals surface area contributed by atoms with Gasteiger partial charge in [0.05, 0.1) is 6.04 Å². The normalized spacial score (nSPS) is 23.8. The molecule has 0 aliphatic carbocycles. The molecular formula is C8H18N4. The summed E-state index contributed by atoms with van der Waals surface area (Å²) in [6, 6.07) is 0.110. The van der Waals surface area contributed by atoms with Crippen LogP contribution in [0.2, 0.25) is 0 Å². The highest BCUT2D eigenvalue weighted by molar-refractivity contribution is 5.82. The van der Waals surface area contributed by atoms with E-state index >= 15 is 0 Å². The smallest absolute Gasteiger partial charge is 0.108 e. The van der Waals surface area contributed by atoms with Crippen molar-refractivity contribution in [2.45, 2.75) is 13.0 Å². The quantitative estimate of drug-likeness (QED) is 0.436. The van der Waals surface area contributed by atoms with Crippen molar-refractivity contribution < 1.29 is 0 Å². The number of hydrogen-bond donors (Lipinski definition) is 2. The molecule has 1 heterocycles. The van der Waals surface area contributed by atoms with Crippen LogP contribution in [0.25, 0.3) is 0 Å². The van der Waals surface area contributed by atoms with Crippen molar-refractivity contribution in [3.63, 3.8) is 0 Å². The van der Waals surface area contributed by atoms with E-state index in [4.69, 9.17) is 11.1 Å². The second kappa shape index (κ2) is 3.87. The second-order valence-corrected chi connectivity index (χ2v) is 3.47. The summed E-state index contributed by atoms with van der Waals surface area (Å²) in [5.41, 5.74) is 5.43. The van der Waals surface area contributed by atoms with E-state index in [1.165, 1.54) is 0 Å². The monoisotopic (exact) mass is 170 g/mol. The second-order valence-electron chi connectivity index (χ2n) is 3.47. The molecule has 0 amide bonds. The Morgan fingerprint density at radius 1 is 1.33 bits per heavy atom. The Hall–Kier alpha value is -0.610. The van der Waals surface area contributed by atoms with E-state index in [0.717, 1.165) is 26.2 Å². The van der Waals surface area contributed by atoms with Crippen LogP contribution in [0.3, 0.4) is 0 Å². The van der Waals surface area contributed by atoms with Gasteiger partial charge in [0.25, 0.3) is 0 Å². The SMILES string of the molecule is CC(C(=N)N)N1CCN(C)CC1. The Labute approximate surface area is 73.8 Å². The molecule has 1 aliphatic rings. The van der Waals surface area contributed by atoms with Crippen LogP contribution in [0.4, 0.5) is 0 Å². The maximum atomic E-state index is 7.31. The Morgan fingerprint density at radius 2 is 1.83 bits per heavy atom. The number of nitrogens with zero attached hydrogens (tertiary/aromatic N) is 2. The molecule has 70 valence electrons. The summed E-state index contributed by atoms with van der Waals surface area (Å²) in [6.45, 7) is 6.21. The van der Waals surface area contributed by atoms with Crippen molar-refractivity contribution in [3.8, 4) is 0 Å². The minimum atomic E-state index is 0.110. The minimum absolute atomic E-state index is 0.110. The molecule has 0 aromatic heterocycles. The number of piperazine rings is 1. The average Bonchev–Trinajstić information content (AvgIpc) is 2.04. The molecule has 0 aromatic rings. The van der Waals surface area contributed by atoms with Crippen LogP contribution >= 0.6 is 0 Å². The van der Waals surface area contributed by atoms with Gasteiger partial charge >= 0.3 is 0 Å². The van der Waals surface area contributed by atoms with Crippen LogP contribution < -0.4 is 5.73 Å². The third-order valence-corrected chi connectivity index (χ3v) is 2.54. The molecule has 3 N–H and O–H groups in total. The van der Waals surface area contributed by atoms with Gasteiger partial charge in [0.1, 0.15) is 5.84 Å². The Bertz CT molecular complexity index is 160. The van der Waals surface area contributed by atoms with Gasteiger partial charge in [-0.2, -0.15) is 0 Å². The van der Waals surface area contributed by atoms with E-state index in [1.807, 2.05) is 6.92 Å². The lowest BCUT2D eigenvalue weighted by molar-refractivity contribution is 0.142. The lowest BCUT2D eigenvalue weighted by Gasteiger charge is -2.35. The topological polar surface area (TPSA) is 56.4 Å². The fourth-order valence-corrected chi connectivity index (χ4v) is 1.41. The van der Waals surface area contributed by atoms with Gasteiger partial charge in [-0.3, -0.25) is 10.3 Å². The van der Waals surface area contributed by atoms with E-state index < -0.39 is 0 Å². The first kappa shape index (κ1) is 9.48. The van der Waals surface area contributed by atoms with Crippen LogP contribution in [0.15, 0.2) is 0 Å². The molecule has 4 heteroatoms. The molecule has 1 fully saturated rings. The van der Waals surface area contributed by atoms with E-state index in [-0.39, 0.29) is 11.9 Å². The lowest BCUT2D eigenvalue weighted by atomic mass is 10.2. The fourth-order valence-electron chi connectivity index (χ4n) is 1.41. The van der Waals surface area contributed by atoms with Crippen molar-refractivity contribution in [1.82, 2.24) is 9.80 Å². The van der Waals surface area contributed by atoms with E-state index in [1.54, 1.807) is 0 Å². The minimum Gasteiger partial charge on any atom is -0.386 e. The summed E-state index contributed by atoms with van der Waals surface area (Å²) < 4.78 is 0. The predicted molar refractivity (Wildman–Crippen MR) is 50.4 cm³/mol. The summed E-state index contributed by atoms with van der Waals surface area (Å²) in [4.78, 5) is 4.55. The van der Waals surface area contributed by atoms with Gasteiger partial charge in [-0.15, -0.1) is 0 Å². The summed E-state index contributed by atoms with van der Waals surface area (Å²) in [6.07, 6.45) is 0. The highest BCUT2D eigenvalue weighted by Crippen LogP contribution is 2.03. The van der Waals surface area contributed by atoms with Gasteiger partial charge < -0.3 is 10.6 Å². The highest BCUT2D eigenvalue weighted by Gasteiger charge is 2.20. The molecule has 1 rings (SSSR count). The first-order valence-electron chi connectivity index (χ1n) is 4.38. The molecule has 0 bridgehead atoms. The number of rotatable bonds is 2. The zero-order valence-corrected chi connectivity index (χ0v) is 7.88. The summed E-state index contributed by atoms with van der Waals surface area (Å²) in [7, 11) is 2.12. The van der Waals surface area contributed by atoms with Gasteiger partial charge in [0.2, 0.25) is 0 Å². The molecule has 12 heavy (non-hydrogen) atoms. The molecule has 0 aromatic carbocycles. The van der Waals surface area contributed by atoms with Crippen molar-refractivity contribution in [3.05, 3.63) is 0 Å². The number of nitrogens with one attached hydrogen (secondary N) is 1. The fraction of sp³-hybridized carbons (Fsp3) is 0.875. The molecule has 0 saturated carbocycles.